The summed E-state index contributed by atoms with van der Waals surface area (Å²) >= 11 is 6.56. The number of para-hydroxylation sites is 1. The normalized spacial score (nSPS) is 24.9. The van der Waals surface area contributed by atoms with Crippen molar-refractivity contribution >= 4 is 25.4 Å². The Bertz CT molecular complexity index is 1410. The molecule has 1 fully saturated rings. The fourth-order valence-corrected chi connectivity index (χ4v) is 5.27. The Kier molecular flexibility index (Phi) is 9.77. The number of esters is 1. The number of phosphoric ester groups is 1. The number of nitrogens with one attached hydrogen (secondary N) is 1. The van der Waals surface area contributed by atoms with E-state index in [9.17, 15) is 28.4 Å². The molecule has 1 aromatic heterocycles. The summed E-state index contributed by atoms with van der Waals surface area (Å²) in [5.41, 5.74) is -2.35. The van der Waals surface area contributed by atoms with Crippen LogP contribution in [0.3, 0.4) is 0 Å². The molecule has 212 valence electrons. The molecule has 2 N–H and O–H groups in total. The Morgan fingerprint density at radius 3 is 2.59 bits per heavy atom. The molecule has 0 radical (unpaired) electrons. The molecule has 1 aliphatic heterocycles. The topological polar surface area (TPSA) is 155 Å². The van der Waals surface area contributed by atoms with Crippen LogP contribution in [0.2, 0.25) is 0 Å². The third kappa shape index (κ3) is 7.16. The summed E-state index contributed by atoms with van der Waals surface area (Å²) in [7, 11) is -4.59. The van der Waals surface area contributed by atoms with Crippen LogP contribution in [0.25, 0.3) is 0 Å². The Morgan fingerprint density at radius 2 is 1.97 bits per heavy atom. The van der Waals surface area contributed by atoms with E-state index in [1.165, 1.54) is 26.0 Å². The van der Waals surface area contributed by atoms with E-state index >= 15 is 0 Å². The summed E-state index contributed by atoms with van der Waals surface area (Å²) in [6, 6.07) is 7.80. The predicted octanol–water partition coefficient (Wildman–Crippen LogP) is 2.50. The third-order valence-electron chi connectivity index (χ3n) is 5.27. The summed E-state index contributed by atoms with van der Waals surface area (Å²) < 4.78 is 55.2. The van der Waals surface area contributed by atoms with E-state index in [4.69, 9.17) is 34.6 Å². The van der Waals surface area contributed by atoms with Gasteiger partial charge in [-0.2, -0.15) is 4.39 Å². The molecule has 2 aromatic rings. The van der Waals surface area contributed by atoms with Gasteiger partial charge in [0.15, 0.2) is 17.2 Å². The number of nitrogens with zero attached hydrogens (tertiary/aromatic N) is 1. The maximum absolute atomic E-state index is 14.0. The Balaban J connectivity index is 1.89. The maximum Gasteiger partial charge on any atom is 0.530 e. The van der Waals surface area contributed by atoms with Gasteiger partial charge in [0.05, 0.1) is 18.9 Å². The molecule has 0 bridgehead atoms. The van der Waals surface area contributed by atoms with Crippen LogP contribution in [0.4, 0.5) is 4.39 Å². The molecule has 12 nitrogen and oxygen atoms in total. The van der Waals surface area contributed by atoms with Crippen molar-refractivity contribution in [3.63, 3.8) is 0 Å². The second-order valence-corrected chi connectivity index (χ2v) is 10.8. The van der Waals surface area contributed by atoms with Crippen LogP contribution in [-0.4, -0.2) is 56.5 Å². The Hall–Kier alpha value is -2.98. The van der Waals surface area contributed by atoms with Gasteiger partial charge in [-0.05, 0) is 39.8 Å². The highest BCUT2D eigenvalue weighted by atomic mass is 35.5. The van der Waals surface area contributed by atoms with E-state index in [-0.39, 0.29) is 5.75 Å². The van der Waals surface area contributed by atoms with Crippen LogP contribution in [0, 0.1) is 17.7 Å². The minimum absolute atomic E-state index is 0.0785. The lowest BCUT2D eigenvalue weighted by atomic mass is 9.99. The minimum atomic E-state index is -4.59. The van der Waals surface area contributed by atoms with Crippen molar-refractivity contribution in [3.8, 4) is 17.6 Å². The van der Waals surface area contributed by atoms with E-state index in [2.05, 4.69) is 11.8 Å². The number of hydrogen-bond acceptors (Lipinski definition) is 10. The zero-order valence-electron chi connectivity index (χ0n) is 21.3. The lowest BCUT2D eigenvalue weighted by molar-refractivity contribution is -0.156. The lowest BCUT2D eigenvalue weighted by Gasteiger charge is -2.25. The van der Waals surface area contributed by atoms with Gasteiger partial charge in [0.1, 0.15) is 18.0 Å². The van der Waals surface area contributed by atoms with Crippen molar-refractivity contribution in [2.24, 2.45) is 0 Å². The number of aromatic nitrogens is 2. The molecular formula is C24H27ClFN2O10P. The first-order chi connectivity index (χ1) is 18.3. The first-order valence-corrected chi connectivity index (χ1v) is 13.5. The zero-order valence-corrected chi connectivity index (χ0v) is 23.0. The molecular weight excluding hydrogens is 562 g/mol. The molecule has 0 saturated carbocycles. The summed E-state index contributed by atoms with van der Waals surface area (Å²) in [6.07, 6.45) is -6.01. The molecule has 0 amide bonds. The van der Waals surface area contributed by atoms with Crippen molar-refractivity contribution in [3.05, 3.63) is 63.2 Å². The number of rotatable bonds is 10. The predicted molar refractivity (Wildman–Crippen MR) is 136 cm³/mol. The second-order valence-electron chi connectivity index (χ2n) is 8.64. The molecule has 1 aromatic carbocycles. The van der Waals surface area contributed by atoms with Gasteiger partial charge in [-0.3, -0.25) is 23.4 Å². The number of carbonyl (C=O) groups is 1. The van der Waals surface area contributed by atoms with Crippen LogP contribution < -0.4 is 15.8 Å². The number of aliphatic hydroxyl groups excluding tert-OH is 1. The highest BCUT2D eigenvalue weighted by molar-refractivity contribution is 7.49. The number of aromatic amines is 1. The first kappa shape index (κ1) is 30.6. The summed E-state index contributed by atoms with van der Waals surface area (Å²) in [5, 5.41) is 11.0. The number of hydrogen-bond donors (Lipinski definition) is 2. The molecule has 0 aliphatic carbocycles. The number of phosphoric acid groups is 1. The smallest absolute Gasteiger partial charge is 0.461 e. The number of carbonyl (C=O) groups excluding carboxylic acids is 1. The van der Waals surface area contributed by atoms with E-state index in [1.807, 2.05) is 0 Å². The first-order valence-electron chi connectivity index (χ1n) is 11.6. The van der Waals surface area contributed by atoms with Crippen LogP contribution >= 0.6 is 19.4 Å². The molecule has 1 saturated heterocycles. The molecule has 39 heavy (non-hydrogen) atoms. The fraction of sp³-hybridized carbons (Fsp3) is 0.458. The van der Waals surface area contributed by atoms with Crippen molar-refractivity contribution < 1.29 is 41.9 Å². The van der Waals surface area contributed by atoms with E-state index in [1.54, 1.807) is 37.0 Å². The standard InChI is InChI=1S/C24H27ClFN2O10P/c1-5-11-24(25)19(29)18(36-22(24)28-12-17(26)20(30)27-23(28)32)13-34-39(33,38-16-9-7-6-8-10-16)37-15(4)21(31)35-14(2)3/h6-10,12,14-15,18-19,22,29H,13H2,1-4H3,(H,27,30,32)/t15-,18+,19-,22+,24?,39-/m0/s1. The van der Waals surface area contributed by atoms with Gasteiger partial charge in [0, 0.05) is 0 Å². The number of benzene rings is 1. The van der Waals surface area contributed by atoms with Crippen molar-refractivity contribution in [2.45, 2.75) is 63.2 Å². The van der Waals surface area contributed by atoms with E-state index in [0.717, 1.165) is 0 Å². The zero-order chi connectivity index (χ0) is 29.0. The lowest BCUT2D eigenvalue weighted by Crippen LogP contribution is -2.44. The van der Waals surface area contributed by atoms with E-state index in [0.29, 0.717) is 10.8 Å². The molecule has 3 rings (SSSR count). The fourth-order valence-electron chi connectivity index (χ4n) is 3.53. The average Bonchev–Trinajstić information content (AvgIpc) is 3.10. The maximum atomic E-state index is 14.0. The number of alkyl halides is 1. The Morgan fingerprint density at radius 1 is 1.31 bits per heavy atom. The van der Waals surface area contributed by atoms with Gasteiger partial charge in [-0.25, -0.2) is 14.2 Å². The monoisotopic (exact) mass is 588 g/mol. The van der Waals surface area contributed by atoms with Gasteiger partial charge < -0.3 is 19.1 Å². The van der Waals surface area contributed by atoms with Crippen LogP contribution in [0.5, 0.6) is 5.75 Å². The number of aliphatic hydroxyl groups is 1. The summed E-state index contributed by atoms with van der Waals surface area (Å²) in [4.78, 5) is 35.9. The van der Waals surface area contributed by atoms with Crippen LogP contribution in [0.15, 0.2) is 46.1 Å². The van der Waals surface area contributed by atoms with Gasteiger partial charge in [-0.1, -0.05) is 35.7 Å². The molecule has 2 heterocycles. The summed E-state index contributed by atoms with van der Waals surface area (Å²) in [5.74, 6) is 2.97. The van der Waals surface area contributed by atoms with Crippen molar-refractivity contribution in [1.29, 1.82) is 0 Å². The van der Waals surface area contributed by atoms with Crippen LogP contribution in [0.1, 0.15) is 33.9 Å². The summed E-state index contributed by atoms with van der Waals surface area (Å²) in [6.45, 7) is 5.22. The molecule has 6 atom stereocenters. The molecule has 1 unspecified atom stereocenters. The SMILES string of the molecule is CC#CC1(Cl)[C@@H](O)[C@@H](CO[P@](=O)(Oc2ccccc2)O[C@@H](C)C(=O)OC(C)C)O[C@H]1n1cc(F)c(=O)[nH]c1=O. The van der Waals surface area contributed by atoms with Crippen LogP contribution in [-0.2, 0) is 27.9 Å². The quantitative estimate of drug-likeness (QED) is 0.183. The van der Waals surface area contributed by atoms with E-state index < -0.39 is 73.0 Å². The van der Waals surface area contributed by atoms with Gasteiger partial charge in [0.2, 0.25) is 5.82 Å². The molecule has 1 aliphatic rings. The minimum Gasteiger partial charge on any atom is -0.461 e. The molecule has 0 spiro atoms. The number of H-pyrrole nitrogens is 1. The highest BCUT2D eigenvalue weighted by Gasteiger charge is 2.56. The Labute approximate surface area is 227 Å². The number of ether oxygens (including phenoxy) is 2. The largest absolute Gasteiger partial charge is 0.530 e. The van der Waals surface area contributed by atoms with Gasteiger partial charge in [0.25, 0.3) is 5.56 Å². The van der Waals surface area contributed by atoms with Crippen molar-refractivity contribution in [1.82, 2.24) is 9.55 Å². The van der Waals surface area contributed by atoms with Gasteiger partial charge in [-0.15, -0.1) is 5.92 Å². The number of halogens is 2. The average molecular weight is 589 g/mol. The second kappa shape index (κ2) is 12.5. The van der Waals surface area contributed by atoms with Gasteiger partial charge >= 0.3 is 19.5 Å². The molecule has 15 heteroatoms. The van der Waals surface area contributed by atoms with Crippen molar-refractivity contribution in [2.75, 3.05) is 6.61 Å². The third-order valence-corrected chi connectivity index (χ3v) is 7.25. The highest BCUT2D eigenvalue weighted by Crippen LogP contribution is 2.52.